The van der Waals surface area contributed by atoms with E-state index in [0.29, 0.717) is 6.54 Å². The zero-order valence-corrected chi connectivity index (χ0v) is 13.3. The second kappa shape index (κ2) is 6.04. The van der Waals surface area contributed by atoms with Crippen LogP contribution in [-0.4, -0.2) is 18.3 Å². The van der Waals surface area contributed by atoms with E-state index in [1.165, 1.54) is 25.7 Å². The molecule has 2 aliphatic rings. The molecule has 3 nitrogen and oxygen atoms in total. The lowest BCUT2D eigenvalue weighted by Crippen LogP contribution is -2.41. The summed E-state index contributed by atoms with van der Waals surface area (Å²) in [6.07, 6.45) is 7.25. The fourth-order valence-corrected chi connectivity index (χ4v) is 3.92. The first-order chi connectivity index (χ1) is 9.71. The SMILES string of the molecule is NCc1ccc(OC2CCOC3(CCCC3)C2)c(Br)c1. The van der Waals surface area contributed by atoms with Gasteiger partial charge in [0.2, 0.25) is 0 Å². The van der Waals surface area contributed by atoms with E-state index < -0.39 is 0 Å². The van der Waals surface area contributed by atoms with Gasteiger partial charge in [0.1, 0.15) is 11.9 Å². The van der Waals surface area contributed by atoms with Gasteiger partial charge in [-0.1, -0.05) is 18.9 Å². The van der Waals surface area contributed by atoms with Crippen molar-refractivity contribution in [1.82, 2.24) is 0 Å². The predicted octanol–water partition coefficient (Wildman–Crippen LogP) is 3.78. The maximum Gasteiger partial charge on any atom is 0.133 e. The number of hydrogen-bond acceptors (Lipinski definition) is 3. The van der Waals surface area contributed by atoms with Gasteiger partial charge in [-0.25, -0.2) is 0 Å². The van der Waals surface area contributed by atoms with E-state index >= 15 is 0 Å². The van der Waals surface area contributed by atoms with Crippen LogP contribution in [0.5, 0.6) is 5.75 Å². The number of ether oxygens (including phenoxy) is 2. The smallest absolute Gasteiger partial charge is 0.133 e. The summed E-state index contributed by atoms with van der Waals surface area (Å²) in [5.74, 6) is 0.919. The molecule has 1 aromatic rings. The summed E-state index contributed by atoms with van der Waals surface area (Å²) in [5, 5.41) is 0. The molecular weight excluding hydrogens is 318 g/mol. The average molecular weight is 340 g/mol. The topological polar surface area (TPSA) is 44.5 Å². The molecule has 3 rings (SSSR count). The van der Waals surface area contributed by atoms with Crippen LogP contribution >= 0.6 is 15.9 Å². The van der Waals surface area contributed by atoms with Crippen LogP contribution in [0.2, 0.25) is 0 Å². The maximum atomic E-state index is 6.20. The summed E-state index contributed by atoms with van der Waals surface area (Å²) in [6.45, 7) is 1.38. The van der Waals surface area contributed by atoms with Crippen LogP contribution in [-0.2, 0) is 11.3 Å². The van der Waals surface area contributed by atoms with Crippen LogP contribution in [0, 0.1) is 0 Å². The van der Waals surface area contributed by atoms with Crippen molar-refractivity contribution >= 4 is 15.9 Å². The van der Waals surface area contributed by atoms with Crippen LogP contribution < -0.4 is 10.5 Å². The highest BCUT2D eigenvalue weighted by Crippen LogP contribution is 2.41. The minimum Gasteiger partial charge on any atom is -0.489 e. The second-order valence-corrected chi connectivity index (χ2v) is 6.79. The minimum atomic E-state index is 0.104. The van der Waals surface area contributed by atoms with Crippen molar-refractivity contribution in [2.75, 3.05) is 6.61 Å². The Bertz CT molecular complexity index is 472. The number of hydrogen-bond donors (Lipinski definition) is 1. The molecule has 1 aromatic carbocycles. The van der Waals surface area contributed by atoms with E-state index in [-0.39, 0.29) is 11.7 Å². The highest BCUT2D eigenvalue weighted by atomic mass is 79.9. The standard InChI is InChI=1S/C16H22BrNO2/c17-14-9-12(11-18)3-4-15(14)20-13-5-8-19-16(10-13)6-1-2-7-16/h3-4,9,13H,1-2,5-8,10-11,18H2. The molecule has 1 atom stereocenters. The molecule has 1 heterocycles. The zero-order valence-electron chi connectivity index (χ0n) is 11.7. The molecule has 0 radical (unpaired) electrons. The summed E-state index contributed by atoms with van der Waals surface area (Å²) in [5.41, 5.74) is 6.87. The molecule has 1 aliphatic heterocycles. The van der Waals surface area contributed by atoms with Crippen molar-refractivity contribution in [2.45, 2.75) is 56.8 Å². The minimum absolute atomic E-state index is 0.104. The first kappa shape index (κ1) is 14.4. The lowest BCUT2D eigenvalue weighted by Gasteiger charge is -2.38. The van der Waals surface area contributed by atoms with Gasteiger partial charge in [0, 0.05) is 19.4 Å². The van der Waals surface area contributed by atoms with Crippen LogP contribution in [0.1, 0.15) is 44.1 Å². The Labute approximate surface area is 129 Å². The predicted molar refractivity (Wildman–Crippen MR) is 82.8 cm³/mol. The van der Waals surface area contributed by atoms with Crippen LogP contribution in [0.4, 0.5) is 0 Å². The normalized spacial score (nSPS) is 25.0. The van der Waals surface area contributed by atoms with Crippen LogP contribution in [0.25, 0.3) is 0 Å². The molecule has 1 aliphatic carbocycles. The average Bonchev–Trinajstić information content (AvgIpc) is 2.89. The number of halogens is 1. The lowest BCUT2D eigenvalue weighted by molar-refractivity contribution is -0.108. The molecule has 0 bridgehead atoms. The Morgan fingerprint density at radius 1 is 1.35 bits per heavy atom. The Morgan fingerprint density at radius 3 is 2.85 bits per heavy atom. The van der Waals surface area contributed by atoms with E-state index in [1.54, 1.807) is 0 Å². The maximum absolute atomic E-state index is 6.20. The number of nitrogens with two attached hydrogens (primary N) is 1. The molecule has 1 saturated heterocycles. The third kappa shape index (κ3) is 3.02. The molecule has 1 unspecified atom stereocenters. The summed E-state index contributed by atoms with van der Waals surface area (Å²) in [7, 11) is 0. The van der Waals surface area contributed by atoms with Crippen LogP contribution in [0.3, 0.4) is 0 Å². The van der Waals surface area contributed by atoms with Crippen molar-refractivity contribution in [2.24, 2.45) is 5.73 Å². The monoisotopic (exact) mass is 339 g/mol. The van der Waals surface area contributed by atoms with Gasteiger partial charge in [-0.2, -0.15) is 0 Å². The fourth-order valence-electron chi connectivity index (χ4n) is 3.40. The van der Waals surface area contributed by atoms with E-state index in [4.69, 9.17) is 15.2 Å². The first-order valence-corrected chi connectivity index (χ1v) is 8.29. The molecule has 1 saturated carbocycles. The van der Waals surface area contributed by atoms with Crippen molar-refractivity contribution in [3.05, 3.63) is 28.2 Å². The third-order valence-corrected chi connectivity index (χ3v) is 5.11. The number of benzene rings is 1. The molecule has 0 amide bonds. The number of rotatable bonds is 3. The molecule has 2 N–H and O–H groups in total. The van der Waals surface area contributed by atoms with Crippen molar-refractivity contribution in [3.8, 4) is 5.75 Å². The highest BCUT2D eigenvalue weighted by Gasteiger charge is 2.40. The summed E-state index contributed by atoms with van der Waals surface area (Å²) in [4.78, 5) is 0. The van der Waals surface area contributed by atoms with Crippen LogP contribution in [0.15, 0.2) is 22.7 Å². The van der Waals surface area contributed by atoms with Crippen molar-refractivity contribution in [3.63, 3.8) is 0 Å². The summed E-state index contributed by atoms with van der Waals surface area (Å²) < 4.78 is 13.3. The van der Waals surface area contributed by atoms with Gasteiger partial charge >= 0.3 is 0 Å². The van der Waals surface area contributed by atoms with E-state index in [0.717, 1.165) is 35.2 Å². The second-order valence-electron chi connectivity index (χ2n) is 5.94. The Hall–Kier alpha value is -0.580. The van der Waals surface area contributed by atoms with Gasteiger partial charge in [0.05, 0.1) is 16.7 Å². The molecule has 0 aromatic heterocycles. The molecule has 110 valence electrons. The quantitative estimate of drug-likeness (QED) is 0.911. The molecule has 20 heavy (non-hydrogen) atoms. The Morgan fingerprint density at radius 2 is 2.15 bits per heavy atom. The Balaban J connectivity index is 1.68. The van der Waals surface area contributed by atoms with Gasteiger partial charge in [-0.05, 0) is 46.5 Å². The first-order valence-electron chi connectivity index (χ1n) is 7.50. The van der Waals surface area contributed by atoms with Crippen molar-refractivity contribution < 1.29 is 9.47 Å². The van der Waals surface area contributed by atoms with Gasteiger partial charge in [0.15, 0.2) is 0 Å². The zero-order chi connectivity index (χ0) is 14.0. The van der Waals surface area contributed by atoms with Gasteiger partial charge in [0.25, 0.3) is 0 Å². The summed E-state index contributed by atoms with van der Waals surface area (Å²) in [6, 6.07) is 6.09. The lowest BCUT2D eigenvalue weighted by atomic mass is 9.90. The van der Waals surface area contributed by atoms with Gasteiger partial charge < -0.3 is 15.2 Å². The van der Waals surface area contributed by atoms with Gasteiger partial charge in [-0.15, -0.1) is 0 Å². The molecular formula is C16H22BrNO2. The summed E-state index contributed by atoms with van der Waals surface area (Å²) >= 11 is 3.58. The van der Waals surface area contributed by atoms with E-state index in [1.807, 2.05) is 18.2 Å². The van der Waals surface area contributed by atoms with Crippen molar-refractivity contribution in [1.29, 1.82) is 0 Å². The molecule has 4 heteroatoms. The van der Waals surface area contributed by atoms with Gasteiger partial charge in [-0.3, -0.25) is 0 Å². The highest BCUT2D eigenvalue weighted by molar-refractivity contribution is 9.10. The third-order valence-electron chi connectivity index (χ3n) is 4.49. The molecule has 1 spiro atoms. The van der Waals surface area contributed by atoms with E-state index in [9.17, 15) is 0 Å². The fraction of sp³-hybridized carbons (Fsp3) is 0.625. The Kier molecular flexibility index (Phi) is 4.34. The van der Waals surface area contributed by atoms with E-state index in [2.05, 4.69) is 15.9 Å². The molecule has 2 fully saturated rings. The largest absolute Gasteiger partial charge is 0.489 e.